The molecule has 0 spiro atoms. The normalized spacial score (nSPS) is 10.3. The second-order valence-electron chi connectivity index (χ2n) is 4.02. The molecule has 0 aliphatic carbocycles. The van der Waals surface area contributed by atoms with E-state index in [0.717, 1.165) is 10.0 Å². The lowest BCUT2D eigenvalue weighted by atomic mass is 10.2. The fraction of sp³-hybridized carbons (Fsp3) is 0.0769. The molecule has 0 bridgehead atoms. The number of aryl methyl sites for hydroxylation is 1. The highest BCUT2D eigenvalue weighted by Crippen LogP contribution is 2.21. The number of hydrogen-bond donors (Lipinski definition) is 2. The Hall–Kier alpha value is -1.59. The van der Waals surface area contributed by atoms with Gasteiger partial charge in [-0.1, -0.05) is 11.6 Å². The van der Waals surface area contributed by atoms with Gasteiger partial charge in [-0.25, -0.2) is 4.98 Å². The van der Waals surface area contributed by atoms with E-state index >= 15 is 0 Å². The standard InChI is InChI=1S/C13H11BrClN3O/c1-7-4-9(6-17-12(7)15)18-13(19)8-2-3-10(14)11(16)5-8/h2-6H,16H2,1H3,(H,18,19). The van der Waals surface area contributed by atoms with Gasteiger partial charge in [-0.2, -0.15) is 0 Å². The zero-order chi connectivity index (χ0) is 14.0. The molecule has 0 fully saturated rings. The van der Waals surface area contributed by atoms with Crippen LogP contribution >= 0.6 is 27.5 Å². The second-order valence-corrected chi connectivity index (χ2v) is 5.23. The molecular formula is C13H11BrClN3O. The van der Waals surface area contributed by atoms with E-state index in [2.05, 4.69) is 26.2 Å². The maximum atomic E-state index is 12.0. The van der Waals surface area contributed by atoms with Crippen LogP contribution in [0.4, 0.5) is 11.4 Å². The Bertz CT molecular complexity index is 646. The van der Waals surface area contributed by atoms with Gasteiger partial charge < -0.3 is 11.1 Å². The Balaban J connectivity index is 2.20. The largest absolute Gasteiger partial charge is 0.398 e. The third-order valence-electron chi connectivity index (χ3n) is 2.53. The molecule has 0 unspecified atom stereocenters. The van der Waals surface area contributed by atoms with E-state index in [4.69, 9.17) is 17.3 Å². The Morgan fingerprint density at radius 1 is 1.42 bits per heavy atom. The van der Waals surface area contributed by atoms with Crippen molar-refractivity contribution in [2.24, 2.45) is 0 Å². The number of hydrogen-bond acceptors (Lipinski definition) is 3. The van der Waals surface area contributed by atoms with Gasteiger partial charge >= 0.3 is 0 Å². The zero-order valence-electron chi connectivity index (χ0n) is 10.1. The summed E-state index contributed by atoms with van der Waals surface area (Å²) in [5.41, 5.74) is 8.12. The summed E-state index contributed by atoms with van der Waals surface area (Å²) in [5, 5.41) is 3.16. The molecule has 4 nitrogen and oxygen atoms in total. The molecule has 0 aliphatic rings. The van der Waals surface area contributed by atoms with Crippen molar-refractivity contribution in [1.29, 1.82) is 0 Å². The summed E-state index contributed by atoms with van der Waals surface area (Å²) < 4.78 is 0.757. The molecule has 0 radical (unpaired) electrons. The topological polar surface area (TPSA) is 68.0 Å². The molecule has 1 amide bonds. The zero-order valence-corrected chi connectivity index (χ0v) is 12.4. The monoisotopic (exact) mass is 339 g/mol. The molecule has 0 saturated carbocycles. The first-order chi connectivity index (χ1) is 8.97. The van der Waals surface area contributed by atoms with Gasteiger partial charge in [0, 0.05) is 15.7 Å². The van der Waals surface area contributed by atoms with Crippen LogP contribution in [0.1, 0.15) is 15.9 Å². The van der Waals surface area contributed by atoms with E-state index in [9.17, 15) is 4.79 Å². The minimum absolute atomic E-state index is 0.247. The lowest BCUT2D eigenvalue weighted by Crippen LogP contribution is -2.12. The van der Waals surface area contributed by atoms with Crippen molar-refractivity contribution in [2.45, 2.75) is 6.92 Å². The van der Waals surface area contributed by atoms with Gasteiger partial charge in [-0.3, -0.25) is 4.79 Å². The number of pyridine rings is 1. The summed E-state index contributed by atoms with van der Waals surface area (Å²) in [6.45, 7) is 1.82. The average molecular weight is 341 g/mol. The third kappa shape index (κ3) is 3.24. The number of rotatable bonds is 2. The van der Waals surface area contributed by atoms with Crippen LogP contribution in [0.2, 0.25) is 5.15 Å². The molecule has 1 aromatic carbocycles. The molecule has 0 atom stereocenters. The molecule has 3 N–H and O–H groups in total. The van der Waals surface area contributed by atoms with E-state index < -0.39 is 0 Å². The molecule has 2 rings (SSSR count). The SMILES string of the molecule is Cc1cc(NC(=O)c2ccc(Br)c(N)c2)cnc1Cl. The maximum Gasteiger partial charge on any atom is 0.255 e. The number of halogens is 2. The third-order valence-corrected chi connectivity index (χ3v) is 3.65. The predicted octanol–water partition coefficient (Wildman–Crippen LogP) is 3.64. The number of nitrogens with one attached hydrogen (secondary N) is 1. The van der Waals surface area contributed by atoms with Gasteiger partial charge in [-0.05, 0) is 52.7 Å². The number of carbonyl (C=O) groups excluding carboxylic acids is 1. The smallest absolute Gasteiger partial charge is 0.255 e. The summed E-state index contributed by atoms with van der Waals surface area (Å²) in [4.78, 5) is 16.0. The van der Waals surface area contributed by atoms with Crippen molar-refractivity contribution < 1.29 is 4.79 Å². The number of nitrogens with zero attached hydrogens (tertiary/aromatic N) is 1. The van der Waals surface area contributed by atoms with Gasteiger partial charge in [0.15, 0.2) is 0 Å². The van der Waals surface area contributed by atoms with Crippen molar-refractivity contribution in [2.75, 3.05) is 11.1 Å². The van der Waals surface area contributed by atoms with Crippen LogP contribution in [-0.2, 0) is 0 Å². The Morgan fingerprint density at radius 3 is 2.79 bits per heavy atom. The lowest BCUT2D eigenvalue weighted by molar-refractivity contribution is 0.102. The summed E-state index contributed by atoms with van der Waals surface area (Å²) >= 11 is 9.11. The van der Waals surface area contributed by atoms with Crippen LogP contribution in [0.15, 0.2) is 34.9 Å². The molecule has 98 valence electrons. The highest BCUT2D eigenvalue weighted by molar-refractivity contribution is 9.10. The van der Waals surface area contributed by atoms with Crippen LogP contribution < -0.4 is 11.1 Å². The predicted molar refractivity (Wildman–Crippen MR) is 80.5 cm³/mol. The summed E-state index contributed by atoms with van der Waals surface area (Å²) in [6, 6.07) is 6.78. The number of anilines is 2. The molecule has 0 saturated heterocycles. The second kappa shape index (κ2) is 5.59. The first-order valence-corrected chi connectivity index (χ1v) is 6.63. The Labute approximate surface area is 124 Å². The Morgan fingerprint density at radius 2 is 2.16 bits per heavy atom. The van der Waals surface area contributed by atoms with Crippen LogP contribution in [-0.4, -0.2) is 10.9 Å². The minimum atomic E-state index is -0.247. The highest BCUT2D eigenvalue weighted by Gasteiger charge is 2.09. The molecule has 1 heterocycles. The lowest BCUT2D eigenvalue weighted by Gasteiger charge is -2.07. The van der Waals surface area contributed by atoms with Crippen LogP contribution in [0.3, 0.4) is 0 Å². The first kappa shape index (κ1) is 13.8. The van der Waals surface area contributed by atoms with E-state index in [-0.39, 0.29) is 5.91 Å². The summed E-state index contributed by atoms with van der Waals surface area (Å²) in [6.07, 6.45) is 1.51. The summed E-state index contributed by atoms with van der Waals surface area (Å²) in [7, 11) is 0. The van der Waals surface area contributed by atoms with Gasteiger partial charge in [0.25, 0.3) is 5.91 Å². The van der Waals surface area contributed by atoms with E-state index in [1.165, 1.54) is 6.20 Å². The number of aromatic nitrogens is 1. The van der Waals surface area contributed by atoms with E-state index in [0.29, 0.717) is 22.1 Å². The van der Waals surface area contributed by atoms with Gasteiger partial charge in [-0.15, -0.1) is 0 Å². The molecule has 0 aliphatic heterocycles. The molecular weight excluding hydrogens is 330 g/mol. The number of benzene rings is 1. The highest BCUT2D eigenvalue weighted by atomic mass is 79.9. The van der Waals surface area contributed by atoms with Crippen molar-refractivity contribution >= 4 is 44.8 Å². The molecule has 6 heteroatoms. The fourth-order valence-electron chi connectivity index (χ4n) is 1.51. The molecule has 19 heavy (non-hydrogen) atoms. The van der Waals surface area contributed by atoms with Gasteiger partial charge in [0.05, 0.1) is 11.9 Å². The van der Waals surface area contributed by atoms with Crippen LogP contribution in [0, 0.1) is 6.92 Å². The van der Waals surface area contributed by atoms with Gasteiger partial charge in [0.1, 0.15) is 5.15 Å². The van der Waals surface area contributed by atoms with Crippen molar-refractivity contribution in [3.8, 4) is 0 Å². The van der Waals surface area contributed by atoms with E-state index in [1.807, 2.05) is 6.92 Å². The Kier molecular flexibility index (Phi) is 4.07. The van der Waals surface area contributed by atoms with Crippen LogP contribution in [0.5, 0.6) is 0 Å². The van der Waals surface area contributed by atoms with Crippen molar-refractivity contribution in [3.63, 3.8) is 0 Å². The van der Waals surface area contributed by atoms with E-state index in [1.54, 1.807) is 24.3 Å². The maximum absolute atomic E-state index is 12.0. The quantitative estimate of drug-likeness (QED) is 0.648. The summed E-state index contributed by atoms with van der Waals surface area (Å²) in [5.74, 6) is -0.247. The number of nitrogens with two attached hydrogens (primary N) is 1. The molecule has 1 aromatic heterocycles. The van der Waals surface area contributed by atoms with Crippen LogP contribution in [0.25, 0.3) is 0 Å². The number of carbonyl (C=O) groups is 1. The first-order valence-electron chi connectivity index (χ1n) is 5.46. The number of amides is 1. The number of nitrogen functional groups attached to an aromatic ring is 1. The average Bonchev–Trinajstić information content (AvgIpc) is 2.37. The van der Waals surface area contributed by atoms with Crippen molar-refractivity contribution in [1.82, 2.24) is 4.98 Å². The van der Waals surface area contributed by atoms with Gasteiger partial charge in [0.2, 0.25) is 0 Å². The van der Waals surface area contributed by atoms with Crippen molar-refractivity contribution in [3.05, 3.63) is 51.2 Å². The fourth-order valence-corrected chi connectivity index (χ4v) is 1.86. The minimum Gasteiger partial charge on any atom is -0.398 e. The molecule has 2 aromatic rings.